The summed E-state index contributed by atoms with van der Waals surface area (Å²) in [4.78, 5) is 12.5. The van der Waals surface area contributed by atoms with Crippen molar-refractivity contribution in [3.8, 4) is 6.07 Å². The van der Waals surface area contributed by atoms with Crippen molar-refractivity contribution in [1.29, 1.82) is 5.26 Å². The number of benzene rings is 1. The van der Waals surface area contributed by atoms with E-state index in [1.165, 1.54) is 34.9 Å². The van der Waals surface area contributed by atoms with E-state index < -0.39 is 10.0 Å². The molecule has 1 aliphatic carbocycles. The maximum absolute atomic E-state index is 12.9. The summed E-state index contributed by atoms with van der Waals surface area (Å²) >= 11 is 0. The van der Waals surface area contributed by atoms with E-state index in [0.717, 1.165) is 19.3 Å². The van der Waals surface area contributed by atoms with E-state index in [-0.39, 0.29) is 22.3 Å². The predicted molar refractivity (Wildman–Crippen MR) is 107 cm³/mol. The zero-order valence-electron chi connectivity index (χ0n) is 16.1. The van der Waals surface area contributed by atoms with Gasteiger partial charge < -0.3 is 5.32 Å². The second kappa shape index (κ2) is 9.35. The zero-order valence-corrected chi connectivity index (χ0v) is 16.9. The van der Waals surface area contributed by atoms with Crippen molar-refractivity contribution in [3.63, 3.8) is 0 Å². The van der Waals surface area contributed by atoms with Crippen LogP contribution in [0.1, 0.15) is 50.5 Å². The Kier molecular flexibility index (Phi) is 6.87. The average molecular weight is 402 g/mol. The van der Waals surface area contributed by atoms with E-state index in [4.69, 9.17) is 0 Å². The highest BCUT2D eigenvalue weighted by Gasteiger charge is 2.33. The monoisotopic (exact) mass is 401 g/mol. The van der Waals surface area contributed by atoms with Crippen LogP contribution in [0.25, 0.3) is 0 Å². The van der Waals surface area contributed by atoms with E-state index in [1.54, 1.807) is 12.1 Å². The van der Waals surface area contributed by atoms with E-state index in [0.29, 0.717) is 32.5 Å². The number of nitrogens with zero attached hydrogens (tertiary/aromatic N) is 2. The molecule has 1 heterocycles. The van der Waals surface area contributed by atoms with Gasteiger partial charge in [0.25, 0.3) is 0 Å². The molecule has 0 aromatic heterocycles. The molecule has 1 aromatic rings. The van der Waals surface area contributed by atoms with Crippen LogP contribution in [-0.4, -0.2) is 38.3 Å². The highest BCUT2D eigenvalue weighted by molar-refractivity contribution is 7.89. The van der Waals surface area contributed by atoms with Gasteiger partial charge in [-0.3, -0.25) is 4.79 Å². The number of amides is 1. The van der Waals surface area contributed by atoms with Crippen molar-refractivity contribution in [2.75, 3.05) is 19.6 Å². The molecule has 6 nitrogen and oxygen atoms in total. The number of nitrogens with one attached hydrogen (secondary N) is 1. The summed E-state index contributed by atoms with van der Waals surface area (Å²) in [5.41, 5.74) is 1.59. The third-order valence-corrected chi connectivity index (χ3v) is 7.54. The van der Waals surface area contributed by atoms with Gasteiger partial charge >= 0.3 is 0 Å². The van der Waals surface area contributed by atoms with Gasteiger partial charge in [-0.2, -0.15) is 9.57 Å². The minimum Gasteiger partial charge on any atom is -0.356 e. The van der Waals surface area contributed by atoms with Gasteiger partial charge in [0.2, 0.25) is 15.9 Å². The van der Waals surface area contributed by atoms with E-state index in [2.05, 4.69) is 11.4 Å². The van der Waals surface area contributed by atoms with Gasteiger partial charge in [0.05, 0.1) is 10.5 Å². The molecular weight excluding hydrogens is 374 g/mol. The predicted octanol–water partition coefficient (Wildman–Crippen LogP) is 2.97. The fourth-order valence-corrected chi connectivity index (χ4v) is 5.52. The van der Waals surface area contributed by atoms with Crippen molar-refractivity contribution in [2.45, 2.75) is 49.8 Å². The number of hydrogen-bond acceptors (Lipinski definition) is 4. The molecule has 1 fully saturated rings. The molecule has 0 saturated carbocycles. The number of carbonyl (C=O) groups is 1. The number of sulfonamides is 1. The van der Waals surface area contributed by atoms with Gasteiger partial charge in [-0.25, -0.2) is 8.42 Å². The van der Waals surface area contributed by atoms with Crippen LogP contribution in [0, 0.1) is 17.2 Å². The van der Waals surface area contributed by atoms with Crippen LogP contribution < -0.4 is 5.32 Å². The van der Waals surface area contributed by atoms with E-state index in [1.807, 2.05) is 6.07 Å². The fourth-order valence-electron chi connectivity index (χ4n) is 3.90. The van der Waals surface area contributed by atoms with E-state index in [9.17, 15) is 18.5 Å². The van der Waals surface area contributed by atoms with Crippen molar-refractivity contribution in [3.05, 3.63) is 41.5 Å². The summed E-state index contributed by atoms with van der Waals surface area (Å²) in [6.07, 6.45) is 8.98. The van der Waals surface area contributed by atoms with Crippen molar-refractivity contribution in [2.24, 2.45) is 5.92 Å². The van der Waals surface area contributed by atoms with E-state index >= 15 is 0 Å². The molecule has 3 rings (SSSR count). The van der Waals surface area contributed by atoms with Crippen LogP contribution in [0.5, 0.6) is 0 Å². The lowest BCUT2D eigenvalue weighted by molar-refractivity contribution is -0.126. The summed E-state index contributed by atoms with van der Waals surface area (Å²) in [6.45, 7) is 1.25. The Morgan fingerprint density at radius 2 is 1.96 bits per heavy atom. The van der Waals surface area contributed by atoms with Crippen LogP contribution in [0.15, 0.2) is 40.8 Å². The minimum atomic E-state index is -3.71. The van der Waals surface area contributed by atoms with Gasteiger partial charge in [0, 0.05) is 25.6 Å². The molecule has 1 aliphatic heterocycles. The Labute approximate surface area is 167 Å². The Bertz CT molecular complexity index is 878. The summed E-state index contributed by atoms with van der Waals surface area (Å²) < 4.78 is 27.1. The third kappa shape index (κ3) is 4.81. The number of rotatable bonds is 6. The quantitative estimate of drug-likeness (QED) is 0.742. The molecule has 0 radical (unpaired) electrons. The van der Waals surface area contributed by atoms with Crippen LogP contribution in [0.4, 0.5) is 0 Å². The largest absolute Gasteiger partial charge is 0.356 e. The number of nitriles is 1. The molecule has 0 spiro atoms. The van der Waals surface area contributed by atoms with Gasteiger partial charge in [0.15, 0.2) is 0 Å². The van der Waals surface area contributed by atoms with Crippen molar-refractivity contribution < 1.29 is 13.2 Å². The maximum Gasteiger partial charge on any atom is 0.244 e. The molecule has 150 valence electrons. The summed E-state index contributed by atoms with van der Waals surface area (Å²) in [7, 11) is -3.71. The fraction of sp³-hybridized carbons (Fsp3) is 0.524. The molecule has 1 N–H and O–H groups in total. The molecule has 1 aromatic carbocycles. The second-order valence-corrected chi connectivity index (χ2v) is 9.34. The Hall–Kier alpha value is -2.17. The van der Waals surface area contributed by atoms with Crippen molar-refractivity contribution >= 4 is 15.9 Å². The average Bonchev–Trinajstić information content (AvgIpc) is 2.74. The molecule has 1 amide bonds. The lowest BCUT2D eigenvalue weighted by Crippen LogP contribution is -2.43. The number of allylic oxidation sites excluding steroid dienone is 1. The molecule has 0 atom stereocenters. The summed E-state index contributed by atoms with van der Waals surface area (Å²) in [5, 5.41) is 12.2. The van der Waals surface area contributed by atoms with Gasteiger partial charge in [-0.1, -0.05) is 23.8 Å². The maximum atomic E-state index is 12.9. The van der Waals surface area contributed by atoms with Crippen LogP contribution in [0.2, 0.25) is 0 Å². The first-order chi connectivity index (χ1) is 13.5. The molecular formula is C21H27N3O3S. The van der Waals surface area contributed by atoms with Gasteiger partial charge in [0.1, 0.15) is 6.07 Å². The highest BCUT2D eigenvalue weighted by Crippen LogP contribution is 2.26. The Balaban J connectivity index is 1.51. The molecule has 28 heavy (non-hydrogen) atoms. The number of hydrogen-bond donors (Lipinski definition) is 1. The summed E-state index contributed by atoms with van der Waals surface area (Å²) in [5.74, 6) is -0.135. The standard InChI is InChI=1S/C21H27N3O3S/c22-16-19-8-4-5-9-20(19)28(26,27)24-14-11-18(12-15-24)21(25)23-13-10-17-6-2-1-3-7-17/h4-6,8-9,18H,1-3,7,10-15H2,(H,23,25). The Morgan fingerprint density at radius 1 is 1.21 bits per heavy atom. The lowest BCUT2D eigenvalue weighted by Gasteiger charge is -2.30. The smallest absolute Gasteiger partial charge is 0.244 e. The first kappa shape index (κ1) is 20.6. The SMILES string of the molecule is N#Cc1ccccc1S(=O)(=O)N1CCC(C(=O)NCCC2=CCCCC2)CC1. The van der Waals surface area contributed by atoms with Gasteiger partial charge in [-0.15, -0.1) is 0 Å². The van der Waals surface area contributed by atoms with Crippen LogP contribution in [-0.2, 0) is 14.8 Å². The Morgan fingerprint density at radius 3 is 2.64 bits per heavy atom. The number of piperidine rings is 1. The molecule has 7 heteroatoms. The van der Waals surface area contributed by atoms with Gasteiger partial charge in [-0.05, 0) is 57.1 Å². The zero-order chi connectivity index (χ0) is 20.0. The van der Waals surface area contributed by atoms with Crippen molar-refractivity contribution in [1.82, 2.24) is 9.62 Å². The minimum absolute atomic E-state index is 0.0193. The lowest BCUT2D eigenvalue weighted by atomic mass is 9.96. The first-order valence-corrected chi connectivity index (χ1v) is 11.4. The van der Waals surface area contributed by atoms with Crippen LogP contribution in [0.3, 0.4) is 0 Å². The topological polar surface area (TPSA) is 90.3 Å². The molecule has 0 bridgehead atoms. The van der Waals surface area contributed by atoms with Crippen LogP contribution >= 0.6 is 0 Å². The normalized spacial score (nSPS) is 18.9. The molecule has 2 aliphatic rings. The number of carbonyl (C=O) groups excluding carboxylic acids is 1. The first-order valence-electron chi connectivity index (χ1n) is 9.97. The molecule has 0 unspecified atom stereocenters. The third-order valence-electron chi connectivity index (χ3n) is 5.58. The molecule has 1 saturated heterocycles. The second-order valence-electron chi connectivity index (χ2n) is 7.44. The highest BCUT2D eigenvalue weighted by atomic mass is 32.2. The summed E-state index contributed by atoms with van der Waals surface area (Å²) in [6, 6.07) is 8.19.